The zero-order valence-electron chi connectivity index (χ0n) is 18.8. The van der Waals surface area contributed by atoms with Gasteiger partial charge in [-0.15, -0.1) is 0 Å². The van der Waals surface area contributed by atoms with Gasteiger partial charge >= 0.3 is 6.09 Å². The summed E-state index contributed by atoms with van der Waals surface area (Å²) in [5, 5.41) is 2.21. The van der Waals surface area contributed by atoms with E-state index >= 15 is 8.78 Å². The molecule has 4 rings (SSSR count). The molecule has 1 unspecified atom stereocenters. The molecule has 1 aromatic carbocycles. The number of amides is 4. The number of fused-ring (bicyclic) bond motifs is 1. The first-order chi connectivity index (χ1) is 15.5. The maximum absolute atomic E-state index is 15.5. The summed E-state index contributed by atoms with van der Waals surface area (Å²) in [6.07, 6.45) is -1.62. The number of hydrogen-bond donors (Lipinski definition) is 1. The molecule has 0 spiro atoms. The van der Waals surface area contributed by atoms with E-state index in [0.29, 0.717) is 0 Å². The molecule has 0 saturated carbocycles. The Morgan fingerprint density at radius 2 is 1.91 bits per heavy atom. The van der Waals surface area contributed by atoms with Gasteiger partial charge in [0.15, 0.2) is 0 Å². The van der Waals surface area contributed by atoms with Gasteiger partial charge in [0.25, 0.3) is 5.91 Å². The van der Waals surface area contributed by atoms with Crippen molar-refractivity contribution in [3.05, 3.63) is 34.6 Å². The highest BCUT2D eigenvalue weighted by atomic mass is 19.1. The summed E-state index contributed by atoms with van der Waals surface area (Å²) < 4.78 is 35.8. The number of rotatable bonds is 2. The van der Waals surface area contributed by atoms with Crippen LogP contribution in [0.1, 0.15) is 67.4 Å². The fraction of sp³-hybridized carbons (Fsp3) is 0.565. The van der Waals surface area contributed by atoms with E-state index in [1.54, 1.807) is 20.8 Å². The van der Waals surface area contributed by atoms with E-state index in [2.05, 4.69) is 5.32 Å². The van der Waals surface area contributed by atoms with Crippen LogP contribution in [0.25, 0.3) is 0 Å². The molecule has 3 aliphatic heterocycles. The van der Waals surface area contributed by atoms with Crippen molar-refractivity contribution in [2.45, 2.75) is 70.3 Å². The number of carbonyl (C=O) groups is 4. The largest absolute Gasteiger partial charge is 0.444 e. The molecule has 178 valence electrons. The predicted molar refractivity (Wildman–Crippen MR) is 113 cm³/mol. The van der Waals surface area contributed by atoms with E-state index in [-0.39, 0.29) is 55.6 Å². The number of halogens is 2. The van der Waals surface area contributed by atoms with E-state index in [9.17, 15) is 19.2 Å². The third-order valence-electron chi connectivity index (χ3n) is 6.27. The molecule has 3 aliphatic rings. The maximum atomic E-state index is 15.5. The highest BCUT2D eigenvalue weighted by Crippen LogP contribution is 2.37. The number of nitrogens with one attached hydrogen (secondary N) is 1. The number of carbonyl (C=O) groups excluding carboxylic acids is 4. The summed E-state index contributed by atoms with van der Waals surface area (Å²) in [6.45, 7) is 5.07. The Bertz CT molecular complexity index is 1020. The summed E-state index contributed by atoms with van der Waals surface area (Å²) in [7, 11) is 0. The number of nitrogens with zero attached hydrogens (tertiary/aromatic N) is 2. The molecule has 0 bridgehead atoms. The zero-order chi connectivity index (χ0) is 24.1. The van der Waals surface area contributed by atoms with Crippen LogP contribution in [0.5, 0.6) is 0 Å². The highest BCUT2D eigenvalue weighted by molar-refractivity contribution is 6.05. The van der Waals surface area contributed by atoms with Gasteiger partial charge in [-0.1, -0.05) is 6.07 Å². The normalized spacial score (nSPS) is 25.7. The Morgan fingerprint density at radius 1 is 1.18 bits per heavy atom. The van der Waals surface area contributed by atoms with Crippen LogP contribution in [0.4, 0.5) is 13.6 Å². The van der Waals surface area contributed by atoms with Crippen molar-refractivity contribution in [1.29, 1.82) is 0 Å². The van der Waals surface area contributed by atoms with Crippen molar-refractivity contribution in [2.24, 2.45) is 0 Å². The fourth-order valence-electron chi connectivity index (χ4n) is 4.66. The second-order valence-electron chi connectivity index (χ2n) is 9.73. The average molecular weight is 463 g/mol. The second-order valence-corrected chi connectivity index (χ2v) is 9.73. The van der Waals surface area contributed by atoms with Gasteiger partial charge in [-0.3, -0.25) is 19.7 Å². The van der Waals surface area contributed by atoms with Crippen molar-refractivity contribution < 1.29 is 32.7 Å². The predicted octanol–water partition coefficient (Wildman–Crippen LogP) is 2.65. The minimum Gasteiger partial charge on any atom is -0.444 e. The van der Waals surface area contributed by atoms with E-state index in [4.69, 9.17) is 4.74 Å². The minimum atomic E-state index is -1.50. The monoisotopic (exact) mass is 463 g/mol. The molecule has 10 heteroatoms. The lowest BCUT2D eigenvalue weighted by Crippen LogP contribution is -2.52. The lowest BCUT2D eigenvalue weighted by molar-refractivity contribution is -0.136. The lowest BCUT2D eigenvalue weighted by Gasteiger charge is -2.36. The molecular formula is C23H27F2N3O5. The van der Waals surface area contributed by atoms with Gasteiger partial charge in [-0.2, -0.15) is 0 Å². The van der Waals surface area contributed by atoms with Gasteiger partial charge < -0.3 is 14.5 Å². The topological polar surface area (TPSA) is 96.0 Å². The van der Waals surface area contributed by atoms with Crippen LogP contribution in [0.3, 0.4) is 0 Å². The Kier molecular flexibility index (Phi) is 5.88. The van der Waals surface area contributed by atoms with Gasteiger partial charge in [0.1, 0.15) is 23.6 Å². The number of alkyl halides is 1. The van der Waals surface area contributed by atoms with Crippen molar-refractivity contribution in [3.8, 4) is 0 Å². The molecule has 3 atom stereocenters. The van der Waals surface area contributed by atoms with Gasteiger partial charge in [0.2, 0.25) is 11.8 Å². The number of benzene rings is 1. The molecule has 8 nitrogen and oxygen atoms in total. The summed E-state index contributed by atoms with van der Waals surface area (Å²) in [6, 6.07) is 2.03. The molecule has 2 fully saturated rings. The first-order valence-corrected chi connectivity index (χ1v) is 11.0. The quantitative estimate of drug-likeness (QED) is 0.681. The molecule has 0 radical (unpaired) electrons. The smallest absolute Gasteiger partial charge is 0.410 e. The SMILES string of the molecule is CC(C)(C)OC(=O)N1CC[C@@H](c2ccc3c(c2F)CN(C2CCC(=O)NC2=O)C3=O)[C@@H](F)C1. The maximum Gasteiger partial charge on any atom is 0.410 e. The molecule has 0 aromatic heterocycles. The van der Waals surface area contributed by atoms with Crippen LogP contribution in [0.2, 0.25) is 0 Å². The molecule has 0 aliphatic carbocycles. The molecule has 33 heavy (non-hydrogen) atoms. The summed E-state index contributed by atoms with van der Waals surface area (Å²) in [5.74, 6) is -2.89. The van der Waals surface area contributed by atoms with Crippen molar-refractivity contribution in [3.63, 3.8) is 0 Å². The standard InChI is InChI=1S/C23H27F2N3O5/c1-23(2,3)33-22(32)27-9-8-12(16(24)11-27)13-4-5-14-15(19(13)25)10-28(21(14)31)17-6-7-18(29)26-20(17)30/h4-5,12,16-17H,6-11H2,1-3H3,(H,26,29,30)/t12-,16-,17?/m0/s1. The van der Waals surface area contributed by atoms with E-state index in [1.807, 2.05) is 0 Å². The third-order valence-corrected chi connectivity index (χ3v) is 6.27. The molecule has 2 saturated heterocycles. The van der Waals surface area contributed by atoms with E-state index in [1.165, 1.54) is 21.9 Å². The van der Waals surface area contributed by atoms with Gasteiger partial charge in [-0.05, 0) is 45.2 Å². The fourth-order valence-corrected chi connectivity index (χ4v) is 4.66. The van der Waals surface area contributed by atoms with Crippen LogP contribution in [0.15, 0.2) is 12.1 Å². The van der Waals surface area contributed by atoms with Gasteiger partial charge in [0, 0.05) is 30.0 Å². The second kappa shape index (κ2) is 8.39. The lowest BCUT2D eigenvalue weighted by atomic mass is 9.86. The Labute approximate surface area is 190 Å². The summed E-state index contributed by atoms with van der Waals surface area (Å²) in [5.41, 5.74) is -0.276. The van der Waals surface area contributed by atoms with Gasteiger partial charge in [-0.25, -0.2) is 13.6 Å². The van der Waals surface area contributed by atoms with Crippen LogP contribution < -0.4 is 5.32 Å². The molecule has 1 aromatic rings. The number of imide groups is 1. The van der Waals surface area contributed by atoms with Crippen molar-refractivity contribution in [2.75, 3.05) is 13.1 Å². The zero-order valence-corrected chi connectivity index (χ0v) is 18.8. The number of ether oxygens (including phenoxy) is 1. The molecule has 3 heterocycles. The van der Waals surface area contributed by atoms with Crippen LogP contribution in [0, 0.1) is 5.82 Å². The Balaban J connectivity index is 1.50. The number of hydrogen-bond acceptors (Lipinski definition) is 5. The summed E-state index contributed by atoms with van der Waals surface area (Å²) >= 11 is 0. The Morgan fingerprint density at radius 3 is 2.55 bits per heavy atom. The molecule has 4 amide bonds. The van der Waals surface area contributed by atoms with Crippen LogP contribution in [-0.2, 0) is 20.9 Å². The summed E-state index contributed by atoms with van der Waals surface area (Å²) in [4.78, 5) is 51.2. The van der Waals surface area contributed by atoms with Crippen molar-refractivity contribution in [1.82, 2.24) is 15.1 Å². The van der Waals surface area contributed by atoms with Gasteiger partial charge in [0.05, 0.1) is 13.1 Å². The number of likely N-dealkylation sites (tertiary alicyclic amines) is 1. The molecule has 1 N–H and O–H groups in total. The van der Waals surface area contributed by atoms with Crippen LogP contribution >= 0.6 is 0 Å². The molecular weight excluding hydrogens is 436 g/mol. The third kappa shape index (κ3) is 4.43. The first kappa shape index (κ1) is 23.1. The van der Waals surface area contributed by atoms with E-state index in [0.717, 1.165) is 0 Å². The highest BCUT2D eigenvalue weighted by Gasteiger charge is 2.42. The van der Waals surface area contributed by atoms with Crippen molar-refractivity contribution >= 4 is 23.8 Å². The first-order valence-electron chi connectivity index (χ1n) is 11.0. The average Bonchev–Trinajstić information content (AvgIpc) is 3.05. The Hall–Kier alpha value is -3.04. The van der Waals surface area contributed by atoms with Crippen LogP contribution in [-0.4, -0.2) is 64.5 Å². The minimum absolute atomic E-state index is 0.101. The van der Waals surface area contributed by atoms with E-state index < -0.39 is 53.4 Å². The number of piperidine rings is 2.